The lowest BCUT2D eigenvalue weighted by molar-refractivity contribution is -0.0517. The van der Waals surface area contributed by atoms with Crippen LogP contribution in [0.4, 0.5) is 5.82 Å². The Morgan fingerprint density at radius 1 is 1.31 bits per heavy atom. The van der Waals surface area contributed by atoms with Crippen molar-refractivity contribution in [2.75, 3.05) is 18.9 Å². The fourth-order valence-corrected chi connectivity index (χ4v) is 3.45. The van der Waals surface area contributed by atoms with E-state index in [0.29, 0.717) is 5.52 Å². The Bertz CT molecular complexity index is 896. The Hall–Kier alpha value is -1.74. The summed E-state index contributed by atoms with van der Waals surface area (Å²) >= 11 is 0. The molecule has 2 unspecified atom stereocenters. The Kier molecular flexibility index (Phi) is 6.48. The molecule has 8 N–H and O–H groups in total. The number of nitrogens with zero attached hydrogens (tertiary/aromatic N) is 4. The SMILES string of the molecule is CC(O)[C@H](N)COP(=O)(O)OC[C@H]1O[C@@H](n2cnc3c(N)ncnc32)[C@H](O)[C@@H]1O. The second-order valence-electron chi connectivity index (χ2n) is 6.59. The smallest absolute Gasteiger partial charge is 0.392 e. The van der Waals surface area contributed by atoms with Crippen LogP contribution >= 0.6 is 7.82 Å². The number of anilines is 1. The largest absolute Gasteiger partial charge is 0.472 e. The highest BCUT2D eigenvalue weighted by Gasteiger charge is 2.45. The first kappa shape index (κ1) is 22.0. The monoisotopic (exact) mass is 434 g/mol. The molecule has 1 fully saturated rings. The van der Waals surface area contributed by atoms with Crippen LogP contribution in [0.2, 0.25) is 0 Å². The minimum absolute atomic E-state index is 0.135. The Balaban J connectivity index is 1.65. The molecule has 2 aromatic rings. The summed E-state index contributed by atoms with van der Waals surface area (Å²) in [6.45, 7) is 0.420. The normalized spacial score (nSPS) is 29.0. The summed E-state index contributed by atoms with van der Waals surface area (Å²) in [5, 5.41) is 29.8. The number of aromatic nitrogens is 4. The van der Waals surface area contributed by atoms with Gasteiger partial charge in [0.15, 0.2) is 17.7 Å². The van der Waals surface area contributed by atoms with E-state index in [0.717, 1.165) is 0 Å². The Morgan fingerprint density at radius 3 is 2.72 bits per heavy atom. The lowest BCUT2D eigenvalue weighted by atomic mass is 10.1. The molecule has 29 heavy (non-hydrogen) atoms. The molecule has 0 aromatic carbocycles. The predicted octanol–water partition coefficient (Wildman–Crippen LogP) is -2.13. The van der Waals surface area contributed by atoms with Crippen molar-refractivity contribution in [1.82, 2.24) is 19.5 Å². The van der Waals surface area contributed by atoms with Gasteiger partial charge in [0.25, 0.3) is 0 Å². The van der Waals surface area contributed by atoms with Crippen LogP contribution in [0.1, 0.15) is 13.2 Å². The number of phosphoric ester groups is 1. The summed E-state index contributed by atoms with van der Waals surface area (Å²) < 4.78 is 28.4. The van der Waals surface area contributed by atoms with Gasteiger partial charge in [-0.25, -0.2) is 19.5 Å². The van der Waals surface area contributed by atoms with E-state index in [1.807, 2.05) is 0 Å². The van der Waals surface area contributed by atoms with Gasteiger partial charge in [0.1, 0.15) is 30.2 Å². The average molecular weight is 434 g/mol. The molecule has 3 heterocycles. The predicted molar refractivity (Wildman–Crippen MR) is 97.0 cm³/mol. The van der Waals surface area contributed by atoms with Gasteiger partial charge < -0.3 is 36.4 Å². The van der Waals surface area contributed by atoms with Crippen LogP contribution in [0.5, 0.6) is 0 Å². The maximum Gasteiger partial charge on any atom is 0.472 e. The van der Waals surface area contributed by atoms with E-state index in [-0.39, 0.29) is 11.5 Å². The first-order valence-electron chi connectivity index (χ1n) is 8.61. The number of hydrogen-bond acceptors (Lipinski definition) is 12. The molecular formula is C14H23N6O8P. The van der Waals surface area contributed by atoms with E-state index in [4.69, 9.17) is 25.3 Å². The fourth-order valence-electron chi connectivity index (χ4n) is 2.68. The van der Waals surface area contributed by atoms with Crippen LogP contribution in [0.25, 0.3) is 11.2 Å². The van der Waals surface area contributed by atoms with Gasteiger partial charge in [-0.2, -0.15) is 0 Å². The first-order valence-corrected chi connectivity index (χ1v) is 10.1. The summed E-state index contributed by atoms with van der Waals surface area (Å²) in [5.74, 6) is 0.135. The minimum atomic E-state index is -4.53. The van der Waals surface area contributed by atoms with E-state index in [9.17, 15) is 24.8 Å². The molecular weight excluding hydrogens is 411 g/mol. The maximum atomic E-state index is 11.9. The lowest BCUT2D eigenvalue weighted by Gasteiger charge is -2.19. The number of nitrogen functional groups attached to an aromatic ring is 1. The van der Waals surface area contributed by atoms with Crippen molar-refractivity contribution in [3.8, 4) is 0 Å². The average Bonchev–Trinajstić information content (AvgIpc) is 3.21. The second kappa shape index (κ2) is 8.55. The van der Waals surface area contributed by atoms with Crippen molar-refractivity contribution < 1.29 is 38.6 Å². The van der Waals surface area contributed by atoms with Crippen molar-refractivity contribution in [1.29, 1.82) is 0 Å². The quantitative estimate of drug-likeness (QED) is 0.245. The van der Waals surface area contributed by atoms with E-state index >= 15 is 0 Å². The maximum absolute atomic E-state index is 11.9. The highest BCUT2D eigenvalue weighted by molar-refractivity contribution is 7.47. The standard InChI is InChI=1S/C14H23N6O8P/c1-6(21)7(15)2-26-29(24,25)27-3-8-10(22)11(23)14(28-8)20-5-19-9-12(16)17-4-18-13(9)20/h4-8,10-11,14,21-23H,2-3,15H2,1H3,(H,24,25)(H2,16,17,18)/t6?,7-,8-,10-,11-,14-/m1/s1. The number of aliphatic hydroxyl groups excluding tert-OH is 3. The van der Waals surface area contributed by atoms with Gasteiger partial charge in [0, 0.05) is 0 Å². The van der Waals surface area contributed by atoms with E-state index < -0.39 is 57.7 Å². The highest BCUT2D eigenvalue weighted by atomic mass is 31.2. The van der Waals surface area contributed by atoms with E-state index in [1.165, 1.54) is 24.1 Å². The van der Waals surface area contributed by atoms with Gasteiger partial charge in [-0.15, -0.1) is 0 Å². The molecule has 0 bridgehead atoms. The molecule has 0 saturated carbocycles. The molecule has 0 amide bonds. The highest BCUT2D eigenvalue weighted by Crippen LogP contribution is 2.44. The molecule has 0 aliphatic carbocycles. The second-order valence-corrected chi connectivity index (χ2v) is 8.05. The first-order chi connectivity index (χ1) is 13.6. The van der Waals surface area contributed by atoms with Gasteiger partial charge in [0.2, 0.25) is 0 Å². The van der Waals surface area contributed by atoms with Gasteiger partial charge in [-0.3, -0.25) is 13.6 Å². The Morgan fingerprint density at radius 2 is 2.03 bits per heavy atom. The van der Waals surface area contributed by atoms with Crippen LogP contribution in [0.15, 0.2) is 12.7 Å². The number of aliphatic hydroxyl groups is 3. The zero-order valence-corrected chi connectivity index (χ0v) is 16.2. The molecule has 0 spiro atoms. The van der Waals surface area contributed by atoms with Gasteiger partial charge >= 0.3 is 7.82 Å². The summed E-state index contributed by atoms with van der Waals surface area (Å²) in [4.78, 5) is 21.6. The summed E-state index contributed by atoms with van der Waals surface area (Å²) in [5.41, 5.74) is 11.8. The van der Waals surface area contributed by atoms with Crippen molar-refractivity contribution in [3.63, 3.8) is 0 Å². The van der Waals surface area contributed by atoms with Crippen molar-refractivity contribution in [2.45, 2.75) is 43.6 Å². The lowest BCUT2D eigenvalue weighted by Crippen LogP contribution is -2.36. The topological polar surface area (TPSA) is 221 Å². The minimum Gasteiger partial charge on any atom is -0.392 e. The molecule has 15 heteroatoms. The van der Waals surface area contributed by atoms with Gasteiger partial charge in [-0.1, -0.05) is 0 Å². The summed E-state index contributed by atoms with van der Waals surface area (Å²) in [6, 6.07) is -0.887. The number of phosphoric acid groups is 1. The molecule has 7 atom stereocenters. The van der Waals surface area contributed by atoms with Crippen LogP contribution in [0, 0.1) is 0 Å². The Labute approximate surface area is 164 Å². The molecule has 3 rings (SSSR count). The van der Waals surface area contributed by atoms with Gasteiger partial charge in [0.05, 0.1) is 31.7 Å². The third-order valence-corrected chi connectivity index (χ3v) is 5.40. The molecule has 1 saturated heterocycles. The molecule has 162 valence electrons. The number of fused-ring (bicyclic) bond motifs is 1. The third-order valence-electron chi connectivity index (χ3n) is 4.45. The summed E-state index contributed by atoms with van der Waals surface area (Å²) in [7, 11) is -4.53. The zero-order valence-electron chi connectivity index (χ0n) is 15.3. The third kappa shape index (κ3) is 4.71. The van der Waals surface area contributed by atoms with Crippen molar-refractivity contribution in [3.05, 3.63) is 12.7 Å². The molecule has 1 aliphatic rings. The molecule has 1 aliphatic heterocycles. The van der Waals surface area contributed by atoms with E-state index in [1.54, 1.807) is 0 Å². The van der Waals surface area contributed by atoms with Crippen LogP contribution in [-0.4, -0.2) is 83.4 Å². The fraction of sp³-hybridized carbons (Fsp3) is 0.643. The summed E-state index contributed by atoms with van der Waals surface area (Å²) in [6.07, 6.45) is -3.51. The van der Waals surface area contributed by atoms with Gasteiger partial charge in [-0.05, 0) is 6.92 Å². The van der Waals surface area contributed by atoms with Crippen LogP contribution < -0.4 is 11.5 Å². The number of ether oxygens (including phenoxy) is 1. The number of rotatable bonds is 8. The zero-order chi connectivity index (χ0) is 21.3. The number of hydrogen-bond donors (Lipinski definition) is 6. The number of nitrogens with two attached hydrogens (primary N) is 2. The van der Waals surface area contributed by atoms with Crippen molar-refractivity contribution in [2.24, 2.45) is 5.73 Å². The molecule has 0 radical (unpaired) electrons. The number of imidazole rings is 1. The van der Waals surface area contributed by atoms with Crippen LogP contribution in [0.3, 0.4) is 0 Å². The molecule has 14 nitrogen and oxygen atoms in total. The van der Waals surface area contributed by atoms with E-state index in [2.05, 4.69) is 15.0 Å². The van der Waals surface area contributed by atoms with Crippen LogP contribution in [-0.2, 0) is 18.3 Å². The van der Waals surface area contributed by atoms with Crippen molar-refractivity contribution >= 4 is 24.8 Å². The molecule has 2 aromatic heterocycles.